The molecule has 63 heavy (non-hydrogen) atoms. The number of rotatable bonds is 43. The maximum absolute atomic E-state index is 12.8. The van der Waals surface area contributed by atoms with Gasteiger partial charge in [-0.1, -0.05) is 123 Å². The fraction of sp³-hybridized carbons (Fsp3) is 0.647. The van der Waals surface area contributed by atoms with Crippen molar-refractivity contribution >= 4 is 23.9 Å². The smallest absolute Gasteiger partial charge is 0.339 e. The summed E-state index contributed by atoms with van der Waals surface area (Å²) in [7, 11) is 0. The normalized spacial score (nSPS) is 10.3. The van der Waals surface area contributed by atoms with Gasteiger partial charge in [0.15, 0.2) is 0 Å². The second kappa shape index (κ2) is 45.3. The molecule has 12 heteroatoms. The first-order chi connectivity index (χ1) is 30.9. The van der Waals surface area contributed by atoms with Crippen LogP contribution in [0.1, 0.15) is 192 Å². The third-order valence-electron chi connectivity index (χ3n) is 9.74. The number of ether oxygens (including phenoxy) is 8. The predicted molar refractivity (Wildman–Crippen MR) is 249 cm³/mol. The third kappa shape index (κ3) is 36.5. The van der Waals surface area contributed by atoms with E-state index in [1.54, 1.807) is 0 Å². The van der Waals surface area contributed by atoms with E-state index in [-0.39, 0.29) is 42.5 Å². The molecule has 0 aliphatic heterocycles. The zero-order chi connectivity index (χ0) is 46.3. The molecule has 0 spiro atoms. The summed E-state index contributed by atoms with van der Waals surface area (Å²) in [6.07, 6.45) is 31.8. The van der Waals surface area contributed by atoms with E-state index in [4.69, 9.17) is 37.9 Å². The van der Waals surface area contributed by atoms with Crippen LogP contribution in [0.4, 0.5) is 0 Å². The van der Waals surface area contributed by atoms with Crippen LogP contribution in [0.5, 0.6) is 0 Å². The lowest BCUT2D eigenvalue weighted by molar-refractivity contribution is -0.144. The Bertz CT molecular complexity index is 1340. The third-order valence-corrected chi connectivity index (χ3v) is 9.74. The van der Waals surface area contributed by atoms with Crippen molar-refractivity contribution in [3.63, 3.8) is 0 Å². The van der Waals surface area contributed by atoms with Gasteiger partial charge in [-0.2, -0.15) is 0 Å². The summed E-state index contributed by atoms with van der Waals surface area (Å²) in [5.74, 6) is -2.08. The quantitative estimate of drug-likeness (QED) is 0.0266. The Morgan fingerprint density at radius 1 is 0.397 bits per heavy atom. The number of benzene rings is 1. The van der Waals surface area contributed by atoms with E-state index in [1.807, 2.05) is 0 Å². The van der Waals surface area contributed by atoms with Gasteiger partial charge in [-0.05, 0) is 76.0 Å². The van der Waals surface area contributed by atoms with Gasteiger partial charge in [0, 0.05) is 6.42 Å². The van der Waals surface area contributed by atoms with Crippen LogP contribution >= 0.6 is 0 Å². The molecule has 0 amide bonds. The van der Waals surface area contributed by atoms with Crippen molar-refractivity contribution in [3.8, 4) is 0 Å². The van der Waals surface area contributed by atoms with Crippen LogP contribution in [0, 0.1) is 0 Å². The highest BCUT2D eigenvalue weighted by Gasteiger charge is 2.22. The number of carbonyl (C=O) groups is 4. The zero-order valence-electron chi connectivity index (χ0n) is 38.9. The number of esters is 4. The molecule has 0 fully saturated rings. The molecule has 0 unspecified atom stereocenters. The summed E-state index contributed by atoms with van der Waals surface area (Å²) in [5.41, 5.74) is 0.0726. The molecule has 12 nitrogen and oxygen atoms in total. The first kappa shape index (κ1) is 58.3. The second-order valence-electron chi connectivity index (χ2n) is 15.1. The van der Waals surface area contributed by atoms with Crippen LogP contribution in [0.25, 0.3) is 0 Å². The van der Waals surface area contributed by atoms with Crippen LogP contribution in [-0.4, -0.2) is 76.7 Å². The average molecular weight is 887 g/mol. The van der Waals surface area contributed by atoms with E-state index < -0.39 is 17.9 Å². The maximum atomic E-state index is 12.8. The van der Waals surface area contributed by atoms with Crippen LogP contribution in [0.15, 0.2) is 69.6 Å². The highest BCUT2D eigenvalue weighted by Crippen LogP contribution is 2.18. The van der Waals surface area contributed by atoms with Gasteiger partial charge in [-0.3, -0.25) is 4.79 Å². The first-order valence-corrected chi connectivity index (χ1v) is 23.6. The number of unbranched alkanes of at least 4 members (excludes halogenated alkanes) is 18. The van der Waals surface area contributed by atoms with Crippen molar-refractivity contribution in [3.05, 3.63) is 86.3 Å². The average Bonchev–Trinajstić information content (AvgIpc) is 3.29. The van der Waals surface area contributed by atoms with Gasteiger partial charge < -0.3 is 37.9 Å². The summed E-state index contributed by atoms with van der Waals surface area (Å²) in [6, 6.07) is 4.08. The van der Waals surface area contributed by atoms with E-state index in [9.17, 15) is 19.2 Å². The van der Waals surface area contributed by atoms with Crippen LogP contribution < -0.4 is 0 Å². The maximum Gasteiger partial charge on any atom is 0.339 e. The van der Waals surface area contributed by atoms with Gasteiger partial charge in [-0.25, -0.2) is 14.4 Å². The lowest BCUT2D eigenvalue weighted by Gasteiger charge is -2.12. The highest BCUT2D eigenvalue weighted by molar-refractivity contribution is 6.05. The minimum atomic E-state index is -0.734. The molecule has 0 saturated heterocycles. The Morgan fingerprint density at radius 2 is 0.730 bits per heavy atom. The molecule has 358 valence electrons. The van der Waals surface area contributed by atoms with Gasteiger partial charge in [0.05, 0.1) is 94.6 Å². The fourth-order valence-electron chi connectivity index (χ4n) is 6.13. The molecule has 0 aromatic heterocycles. The molecule has 1 rings (SSSR count). The Hall–Kier alpha value is -4.74. The summed E-state index contributed by atoms with van der Waals surface area (Å²) >= 11 is 0. The lowest BCUT2D eigenvalue weighted by Crippen LogP contribution is -2.17. The van der Waals surface area contributed by atoms with E-state index in [0.29, 0.717) is 78.0 Å². The fourth-order valence-corrected chi connectivity index (χ4v) is 6.13. The SMILES string of the molecule is C=COCCCCOC(=O)CCCCCCCCCCCCCCCCC.C=COCCCCOC(=O)c1ccc(C(=O)OCCCCOC=C)c(C(=O)OCCCCOC=C)c1. The summed E-state index contributed by atoms with van der Waals surface area (Å²) in [6.45, 7) is 19.2. The van der Waals surface area contributed by atoms with E-state index in [1.165, 1.54) is 127 Å². The van der Waals surface area contributed by atoms with Gasteiger partial charge in [-0.15, -0.1) is 0 Å². The van der Waals surface area contributed by atoms with E-state index in [2.05, 4.69) is 33.2 Å². The number of hydrogen-bond donors (Lipinski definition) is 0. The highest BCUT2D eigenvalue weighted by atomic mass is 16.5. The minimum absolute atomic E-state index is 0.00968. The Balaban J connectivity index is 0.00000127. The van der Waals surface area contributed by atoms with Crippen molar-refractivity contribution in [1.29, 1.82) is 0 Å². The van der Waals surface area contributed by atoms with Crippen molar-refractivity contribution in [1.82, 2.24) is 0 Å². The minimum Gasteiger partial charge on any atom is -0.502 e. The molecule has 1 aromatic rings. The largest absolute Gasteiger partial charge is 0.502 e. The first-order valence-electron chi connectivity index (χ1n) is 23.6. The molecule has 0 aliphatic rings. The molecule has 0 saturated carbocycles. The van der Waals surface area contributed by atoms with Crippen LogP contribution in [-0.2, 0) is 42.7 Å². The Labute approximate surface area is 380 Å². The van der Waals surface area contributed by atoms with Crippen LogP contribution in [0.2, 0.25) is 0 Å². The van der Waals surface area contributed by atoms with E-state index >= 15 is 0 Å². The number of carbonyl (C=O) groups excluding carboxylic acids is 4. The Kier molecular flexibility index (Phi) is 41.9. The van der Waals surface area contributed by atoms with Gasteiger partial charge >= 0.3 is 23.9 Å². The van der Waals surface area contributed by atoms with Crippen molar-refractivity contribution < 1.29 is 57.1 Å². The molecule has 0 bridgehead atoms. The molecule has 1 aromatic carbocycles. The predicted octanol–water partition coefficient (Wildman–Crippen LogP) is 12.7. The van der Waals surface area contributed by atoms with Crippen molar-refractivity contribution in [2.75, 3.05) is 52.9 Å². The molecule has 0 heterocycles. The Morgan fingerprint density at radius 3 is 1.13 bits per heavy atom. The molecule has 0 atom stereocenters. The summed E-state index contributed by atoms with van der Waals surface area (Å²) in [4.78, 5) is 49.5. The molecular weight excluding hydrogens is 805 g/mol. The molecule has 0 radical (unpaired) electrons. The second-order valence-corrected chi connectivity index (χ2v) is 15.1. The number of hydrogen-bond acceptors (Lipinski definition) is 12. The summed E-state index contributed by atoms with van der Waals surface area (Å²) < 4.78 is 41.2. The van der Waals surface area contributed by atoms with Crippen molar-refractivity contribution in [2.24, 2.45) is 0 Å². The molecule has 0 aliphatic carbocycles. The lowest BCUT2D eigenvalue weighted by atomic mass is 10.0. The summed E-state index contributed by atoms with van der Waals surface area (Å²) in [5, 5.41) is 0. The van der Waals surface area contributed by atoms with Gasteiger partial charge in [0.25, 0.3) is 0 Å². The van der Waals surface area contributed by atoms with E-state index in [0.717, 1.165) is 25.7 Å². The monoisotopic (exact) mass is 887 g/mol. The standard InChI is InChI=1S/C27H36O9.C24H46O3/c1-4-31-15-7-10-18-34-25(28)22-13-14-23(26(29)35-19-11-8-16-32-5-2)24(21-22)27(30)36-20-12-9-17-33-6-3;1-3-5-6-7-8-9-10-11-12-13-14-15-16-17-18-21-24(25)27-23-20-19-22-26-4-2/h4-6,13-14,21H,1-3,7-12,15-20H2;4H,2-3,5-23H2,1H3. The van der Waals surface area contributed by atoms with Crippen LogP contribution in [0.3, 0.4) is 0 Å². The molecular formula is C51H82O12. The van der Waals surface area contributed by atoms with Gasteiger partial charge in [0.1, 0.15) is 0 Å². The van der Waals surface area contributed by atoms with Gasteiger partial charge in [0.2, 0.25) is 0 Å². The van der Waals surface area contributed by atoms with Crippen molar-refractivity contribution in [2.45, 2.75) is 161 Å². The molecule has 0 N–H and O–H groups in total. The topological polar surface area (TPSA) is 142 Å². The zero-order valence-corrected chi connectivity index (χ0v) is 38.9.